The van der Waals surface area contributed by atoms with Gasteiger partial charge in [-0.2, -0.15) is 0 Å². The molecule has 7 heteroatoms. The number of hydrogen-bond acceptors (Lipinski definition) is 4. The third-order valence-electron chi connectivity index (χ3n) is 4.57. The molecule has 150 valence electrons. The van der Waals surface area contributed by atoms with Gasteiger partial charge in [0.25, 0.3) is 0 Å². The standard InChI is InChI=1S/C21H24ClNO4S/c1-21(2,3)27-20(24)23-12-16(13-23)14-5-7-15(8-6-14)18-10-9-17(22)11-19(18)28(4,25)26/h5-11,16H,12-13H2,1-4H3. The first-order chi connectivity index (χ1) is 12.9. The molecule has 28 heavy (non-hydrogen) atoms. The zero-order valence-corrected chi connectivity index (χ0v) is 18.0. The van der Waals surface area contributed by atoms with Crippen molar-refractivity contribution in [1.29, 1.82) is 0 Å². The van der Waals surface area contributed by atoms with Crippen molar-refractivity contribution >= 4 is 27.5 Å². The van der Waals surface area contributed by atoms with E-state index in [-0.39, 0.29) is 16.9 Å². The molecule has 1 amide bonds. The molecule has 5 nitrogen and oxygen atoms in total. The summed E-state index contributed by atoms with van der Waals surface area (Å²) in [5.74, 6) is 0.251. The number of amides is 1. The van der Waals surface area contributed by atoms with Gasteiger partial charge in [0.2, 0.25) is 0 Å². The molecular weight excluding hydrogens is 398 g/mol. The number of ether oxygens (including phenoxy) is 1. The van der Waals surface area contributed by atoms with Crippen molar-refractivity contribution in [3.63, 3.8) is 0 Å². The van der Waals surface area contributed by atoms with Gasteiger partial charge in [0.05, 0.1) is 4.90 Å². The molecule has 0 N–H and O–H groups in total. The number of carbonyl (C=O) groups excluding carboxylic acids is 1. The van der Waals surface area contributed by atoms with Gasteiger partial charge in [-0.1, -0.05) is 41.9 Å². The lowest BCUT2D eigenvalue weighted by Crippen LogP contribution is -2.50. The van der Waals surface area contributed by atoms with Crippen LogP contribution in [0.4, 0.5) is 4.79 Å². The molecule has 0 unspecified atom stereocenters. The maximum absolute atomic E-state index is 12.1. The van der Waals surface area contributed by atoms with Crippen molar-refractivity contribution in [1.82, 2.24) is 4.90 Å². The number of hydrogen-bond donors (Lipinski definition) is 0. The van der Waals surface area contributed by atoms with Gasteiger partial charge in [0.1, 0.15) is 5.60 Å². The van der Waals surface area contributed by atoms with Crippen molar-refractivity contribution < 1.29 is 17.9 Å². The van der Waals surface area contributed by atoms with Gasteiger partial charge in [-0.15, -0.1) is 0 Å². The van der Waals surface area contributed by atoms with Crippen molar-refractivity contribution in [3.05, 3.63) is 53.1 Å². The van der Waals surface area contributed by atoms with Crippen LogP contribution in [0.1, 0.15) is 32.3 Å². The topological polar surface area (TPSA) is 63.7 Å². The Labute approximate surface area is 171 Å². The van der Waals surface area contributed by atoms with Crippen LogP contribution in [-0.4, -0.2) is 44.4 Å². The summed E-state index contributed by atoms with van der Waals surface area (Å²) in [4.78, 5) is 14.0. The molecule has 0 spiro atoms. The zero-order chi connectivity index (χ0) is 20.7. The van der Waals surface area contributed by atoms with Gasteiger partial charge < -0.3 is 9.64 Å². The first-order valence-corrected chi connectivity index (χ1v) is 11.3. The monoisotopic (exact) mass is 421 g/mol. The second kappa shape index (κ2) is 7.41. The van der Waals surface area contributed by atoms with Crippen LogP contribution >= 0.6 is 11.6 Å². The summed E-state index contributed by atoms with van der Waals surface area (Å²) in [5, 5.41) is 0.387. The van der Waals surface area contributed by atoms with Gasteiger partial charge in [-0.05, 0) is 44.0 Å². The summed E-state index contributed by atoms with van der Waals surface area (Å²) in [6, 6.07) is 12.7. The van der Waals surface area contributed by atoms with Crippen molar-refractivity contribution in [3.8, 4) is 11.1 Å². The highest BCUT2D eigenvalue weighted by Crippen LogP contribution is 2.33. The van der Waals surface area contributed by atoms with Crippen LogP contribution in [0.5, 0.6) is 0 Å². The normalized spacial score (nSPS) is 15.2. The SMILES string of the molecule is CC(C)(C)OC(=O)N1CC(c2ccc(-c3ccc(Cl)cc3S(C)(=O)=O)cc2)C1. The summed E-state index contributed by atoms with van der Waals surface area (Å²) in [6.07, 6.45) is 0.884. The van der Waals surface area contributed by atoms with Crippen LogP contribution in [0, 0.1) is 0 Å². The highest BCUT2D eigenvalue weighted by Gasteiger charge is 2.34. The molecule has 0 aliphatic carbocycles. The van der Waals surface area contributed by atoms with Crippen LogP contribution in [0.15, 0.2) is 47.4 Å². The molecule has 2 aromatic carbocycles. The van der Waals surface area contributed by atoms with Gasteiger partial charge in [-0.25, -0.2) is 13.2 Å². The summed E-state index contributed by atoms with van der Waals surface area (Å²) >= 11 is 5.98. The minimum absolute atomic E-state index is 0.215. The Morgan fingerprint density at radius 1 is 1.11 bits per heavy atom. The Kier molecular flexibility index (Phi) is 5.47. The van der Waals surface area contributed by atoms with E-state index in [9.17, 15) is 13.2 Å². The van der Waals surface area contributed by atoms with Crippen LogP contribution in [0.2, 0.25) is 5.02 Å². The summed E-state index contributed by atoms with van der Waals surface area (Å²) in [5.41, 5.74) is 2.05. The van der Waals surface area contributed by atoms with E-state index in [0.29, 0.717) is 23.7 Å². The fourth-order valence-electron chi connectivity index (χ4n) is 3.14. The van der Waals surface area contributed by atoms with Crippen LogP contribution < -0.4 is 0 Å². The Bertz CT molecular complexity index is 988. The Hall–Kier alpha value is -2.05. The Balaban J connectivity index is 1.74. The van der Waals surface area contributed by atoms with Crippen LogP contribution in [-0.2, 0) is 14.6 Å². The number of rotatable bonds is 3. The van der Waals surface area contributed by atoms with Crippen molar-refractivity contribution in [2.45, 2.75) is 37.2 Å². The first-order valence-electron chi connectivity index (χ1n) is 9.02. The molecule has 0 bridgehead atoms. The molecule has 1 heterocycles. The Morgan fingerprint density at radius 2 is 1.71 bits per heavy atom. The number of halogens is 1. The van der Waals surface area contributed by atoms with Crippen molar-refractivity contribution in [2.75, 3.05) is 19.3 Å². The highest BCUT2D eigenvalue weighted by atomic mass is 35.5. The number of likely N-dealkylation sites (tertiary alicyclic amines) is 1. The number of benzene rings is 2. The number of nitrogens with zero attached hydrogens (tertiary/aromatic N) is 1. The molecule has 3 rings (SSSR count). The second-order valence-corrected chi connectivity index (χ2v) is 10.5. The average molecular weight is 422 g/mol. The van der Waals surface area contributed by atoms with E-state index < -0.39 is 15.4 Å². The maximum atomic E-state index is 12.1. The van der Waals surface area contributed by atoms with Crippen LogP contribution in [0.3, 0.4) is 0 Å². The van der Waals surface area contributed by atoms with E-state index in [1.165, 1.54) is 12.3 Å². The molecule has 1 saturated heterocycles. The predicted molar refractivity (Wildman–Crippen MR) is 111 cm³/mol. The molecule has 1 fully saturated rings. The lowest BCUT2D eigenvalue weighted by atomic mass is 9.90. The van der Waals surface area contributed by atoms with Crippen molar-refractivity contribution in [2.24, 2.45) is 0 Å². The fourth-order valence-corrected chi connectivity index (χ4v) is 4.30. The molecule has 0 radical (unpaired) electrons. The fraction of sp³-hybridized carbons (Fsp3) is 0.381. The summed E-state index contributed by atoms with van der Waals surface area (Å²) in [7, 11) is -3.40. The zero-order valence-electron chi connectivity index (χ0n) is 16.4. The maximum Gasteiger partial charge on any atom is 0.410 e. The van der Waals surface area contributed by atoms with E-state index in [2.05, 4.69) is 0 Å². The second-order valence-electron chi connectivity index (χ2n) is 8.12. The minimum atomic E-state index is -3.40. The lowest BCUT2D eigenvalue weighted by molar-refractivity contribution is 0.00819. The minimum Gasteiger partial charge on any atom is -0.444 e. The molecule has 0 saturated carbocycles. The van der Waals surface area contributed by atoms with Gasteiger partial charge in [0.15, 0.2) is 9.84 Å². The van der Waals surface area contributed by atoms with E-state index in [4.69, 9.17) is 16.3 Å². The summed E-state index contributed by atoms with van der Waals surface area (Å²) < 4.78 is 29.6. The van der Waals surface area contributed by atoms with Gasteiger partial charge in [0, 0.05) is 35.8 Å². The Morgan fingerprint density at radius 3 is 2.25 bits per heavy atom. The molecule has 2 aromatic rings. The van der Waals surface area contributed by atoms with E-state index in [1.807, 2.05) is 45.0 Å². The van der Waals surface area contributed by atoms with E-state index in [0.717, 1.165) is 11.1 Å². The molecule has 0 atom stereocenters. The quantitative estimate of drug-likeness (QED) is 0.717. The van der Waals surface area contributed by atoms with Crippen LogP contribution in [0.25, 0.3) is 11.1 Å². The molecule has 1 aliphatic rings. The van der Waals surface area contributed by atoms with E-state index in [1.54, 1.807) is 17.0 Å². The number of sulfone groups is 1. The molecule has 1 aliphatic heterocycles. The smallest absolute Gasteiger partial charge is 0.410 e. The van der Waals surface area contributed by atoms with Gasteiger partial charge >= 0.3 is 6.09 Å². The third-order valence-corrected chi connectivity index (χ3v) is 5.94. The third kappa shape index (κ3) is 4.67. The van der Waals surface area contributed by atoms with E-state index >= 15 is 0 Å². The number of carbonyl (C=O) groups is 1. The lowest BCUT2D eigenvalue weighted by Gasteiger charge is -2.40. The molecular formula is C21H24ClNO4S. The van der Waals surface area contributed by atoms with Gasteiger partial charge in [-0.3, -0.25) is 0 Å². The largest absolute Gasteiger partial charge is 0.444 e. The predicted octanol–water partition coefficient (Wildman–Crippen LogP) is 4.74. The average Bonchev–Trinajstić information content (AvgIpc) is 2.51. The highest BCUT2D eigenvalue weighted by molar-refractivity contribution is 7.90. The molecule has 0 aromatic heterocycles. The summed E-state index contributed by atoms with van der Waals surface area (Å²) in [6.45, 7) is 6.78. The first kappa shape index (κ1) is 20.7.